The molecule has 0 bridgehead atoms. The Hall–Kier alpha value is -3.93. The number of aromatic nitrogens is 2. The van der Waals surface area contributed by atoms with Gasteiger partial charge in [-0.2, -0.15) is 0 Å². The number of halogens is 1. The highest BCUT2D eigenvalue weighted by Crippen LogP contribution is 2.31. The van der Waals surface area contributed by atoms with Crippen LogP contribution in [0.4, 0.5) is 4.39 Å². The summed E-state index contributed by atoms with van der Waals surface area (Å²) in [5.41, 5.74) is 4.05. The molecule has 0 aliphatic carbocycles. The fraction of sp³-hybridized carbons (Fsp3) is 0.214. The summed E-state index contributed by atoms with van der Waals surface area (Å²) in [5.74, 6) is 0.924. The van der Waals surface area contributed by atoms with Crippen molar-refractivity contribution in [2.24, 2.45) is 0 Å². The first-order valence-electron chi connectivity index (χ1n) is 11.3. The van der Waals surface area contributed by atoms with Crippen LogP contribution in [0.5, 0.6) is 5.75 Å². The van der Waals surface area contributed by atoms with Gasteiger partial charge in [0, 0.05) is 17.7 Å². The Morgan fingerprint density at radius 1 is 1.06 bits per heavy atom. The van der Waals surface area contributed by atoms with E-state index in [4.69, 9.17) is 9.72 Å². The molecule has 4 rings (SSSR count). The van der Waals surface area contributed by atoms with Crippen LogP contribution in [0.3, 0.4) is 0 Å². The van der Waals surface area contributed by atoms with Gasteiger partial charge in [-0.3, -0.25) is 4.79 Å². The molecule has 1 amide bonds. The Kier molecular flexibility index (Phi) is 6.77. The molecule has 1 heterocycles. The second kappa shape index (κ2) is 9.91. The van der Waals surface area contributed by atoms with Crippen LogP contribution < -0.4 is 10.1 Å². The zero-order valence-electron chi connectivity index (χ0n) is 19.8. The lowest BCUT2D eigenvalue weighted by Gasteiger charge is -2.17. The maximum Gasteiger partial charge on any atom is 0.270 e. The third-order valence-corrected chi connectivity index (χ3v) is 5.93. The summed E-state index contributed by atoms with van der Waals surface area (Å²) in [6.45, 7) is 6.18. The number of hydrogen-bond acceptors (Lipinski definition) is 3. The van der Waals surface area contributed by atoms with Gasteiger partial charge in [-0.1, -0.05) is 42.5 Å². The van der Waals surface area contributed by atoms with Gasteiger partial charge in [0.1, 0.15) is 28.8 Å². The first-order chi connectivity index (χ1) is 16.4. The number of nitrogens with zero attached hydrogens (tertiary/aromatic N) is 2. The first kappa shape index (κ1) is 23.2. The van der Waals surface area contributed by atoms with Crippen molar-refractivity contribution in [1.82, 2.24) is 14.9 Å². The first-order valence-corrected chi connectivity index (χ1v) is 11.3. The van der Waals surface area contributed by atoms with Gasteiger partial charge in [0.25, 0.3) is 5.91 Å². The van der Waals surface area contributed by atoms with Crippen molar-refractivity contribution in [1.29, 1.82) is 0 Å². The zero-order valence-corrected chi connectivity index (χ0v) is 19.8. The number of methoxy groups -OCH3 is 1. The summed E-state index contributed by atoms with van der Waals surface area (Å²) < 4.78 is 21.1. The average molecular weight is 458 g/mol. The molecule has 5 nitrogen and oxygen atoms in total. The van der Waals surface area contributed by atoms with E-state index in [1.54, 1.807) is 26.2 Å². The maximum absolute atomic E-state index is 14.0. The third kappa shape index (κ3) is 4.57. The predicted octanol–water partition coefficient (Wildman–Crippen LogP) is 6.18. The van der Waals surface area contributed by atoms with E-state index < -0.39 is 0 Å². The molecule has 0 spiro atoms. The number of aryl methyl sites for hydroxylation is 1. The Labute approximate surface area is 199 Å². The fourth-order valence-corrected chi connectivity index (χ4v) is 4.03. The van der Waals surface area contributed by atoms with E-state index in [2.05, 4.69) is 5.32 Å². The number of imidazole rings is 1. The van der Waals surface area contributed by atoms with E-state index in [1.807, 2.05) is 73.0 Å². The number of rotatable bonds is 7. The average Bonchev–Trinajstić information content (AvgIpc) is 3.26. The van der Waals surface area contributed by atoms with Crippen molar-refractivity contribution < 1.29 is 13.9 Å². The molecule has 0 unspecified atom stereocenters. The van der Waals surface area contributed by atoms with Gasteiger partial charge < -0.3 is 14.6 Å². The van der Waals surface area contributed by atoms with Crippen LogP contribution in [-0.2, 0) is 6.54 Å². The summed E-state index contributed by atoms with van der Waals surface area (Å²) in [6, 6.07) is 21.9. The van der Waals surface area contributed by atoms with Crippen molar-refractivity contribution in [3.63, 3.8) is 0 Å². The lowest BCUT2D eigenvalue weighted by atomic mass is 10.1. The molecule has 0 fully saturated rings. The quantitative estimate of drug-likeness (QED) is 0.360. The van der Waals surface area contributed by atoms with Gasteiger partial charge in [0.2, 0.25) is 0 Å². The molecule has 0 saturated carbocycles. The fourth-order valence-electron chi connectivity index (χ4n) is 4.03. The molecule has 0 aliphatic rings. The van der Waals surface area contributed by atoms with Gasteiger partial charge in [-0.25, -0.2) is 9.37 Å². The van der Waals surface area contributed by atoms with Crippen LogP contribution in [0, 0.1) is 12.7 Å². The molecule has 0 aliphatic heterocycles. The molecular formula is C28H28FN3O2. The number of carbonyl (C=O) groups is 1. The summed E-state index contributed by atoms with van der Waals surface area (Å²) in [4.78, 5) is 18.5. The highest BCUT2D eigenvalue weighted by atomic mass is 19.1. The number of ether oxygens (including phenoxy) is 1. The standard InChI is InChI=1S/C28H28FN3O2/c1-5-32-26(28(33)30-19(3)20-11-14-23(34-4)15-12-20)25(22-13-16-24(29)18(2)17-22)31-27(32)21-9-7-6-8-10-21/h6-17,19H,5H2,1-4H3,(H,30,33)/t19-/m1/s1. The predicted molar refractivity (Wildman–Crippen MR) is 132 cm³/mol. The summed E-state index contributed by atoms with van der Waals surface area (Å²) in [5, 5.41) is 3.11. The third-order valence-electron chi connectivity index (χ3n) is 5.93. The van der Waals surface area contributed by atoms with Crippen molar-refractivity contribution >= 4 is 5.91 Å². The molecule has 1 aromatic heterocycles. The Morgan fingerprint density at radius 2 is 1.76 bits per heavy atom. The normalized spacial score (nSPS) is 11.8. The lowest BCUT2D eigenvalue weighted by Crippen LogP contribution is -2.29. The molecule has 1 atom stereocenters. The largest absolute Gasteiger partial charge is 0.497 e. The van der Waals surface area contributed by atoms with Crippen molar-refractivity contribution in [3.05, 3.63) is 95.4 Å². The van der Waals surface area contributed by atoms with Crippen LogP contribution in [0.15, 0.2) is 72.8 Å². The Balaban J connectivity index is 1.79. The van der Waals surface area contributed by atoms with E-state index in [-0.39, 0.29) is 17.8 Å². The number of carbonyl (C=O) groups excluding carboxylic acids is 1. The number of benzene rings is 3. The molecular weight excluding hydrogens is 429 g/mol. The van der Waals surface area contributed by atoms with Crippen LogP contribution in [-0.4, -0.2) is 22.6 Å². The minimum absolute atomic E-state index is 0.235. The highest BCUT2D eigenvalue weighted by molar-refractivity contribution is 5.99. The molecule has 174 valence electrons. The monoisotopic (exact) mass is 457 g/mol. The number of nitrogens with one attached hydrogen (secondary N) is 1. The summed E-state index contributed by atoms with van der Waals surface area (Å²) in [7, 11) is 1.62. The number of amides is 1. The summed E-state index contributed by atoms with van der Waals surface area (Å²) in [6.07, 6.45) is 0. The van der Waals surface area contributed by atoms with Crippen LogP contribution in [0.2, 0.25) is 0 Å². The SMILES string of the molecule is CCn1c(-c2ccccc2)nc(-c2ccc(F)c(C)c2)c1C(=O)N[C@H](C)c1ccc(OC)cc1. The summed E-state index contributed by atoms with van der Waals surface area (Å²) >= 11 is 0. The molecule has 6 heteroatoms. The van der Waals surface area contributed by atoms with Gasteiger partial charge >= 0.3 is 0 Å². The van der Waals surface area contributed by atoms with Crippen LogP contribution >= 0.6 is 0 Å². The minimum atomic E-state index is -0.291. The van der Waals surface area contributed by atoms with Gasteiger partial charge in [-0.15, -0.1) is 0 Å². The second-order valence-electron chi connectivity index (χ2n) is 8.18. The smallest absolute Gasteiger partial charge is 0.270 e. The van der Waals surface area contributed by atoms with E-state index in [0.717, 1.165) is 16.9 Å². The van der Waals surface area contributed by atoms with Crippen molar-refractivity contribution in [3.8, 4) is 28.4 Å². The van der Waals surface area contributed by atoms with Crippen molar-refractivity contribution in [2.45, 2.75) is 33.4 Å². The molecule has 0 saturated heterocycles. The second-order valence-corrected chi connectivity index (χ2v) is 8.18. The molecule has 4 aromatic rings. The van der Waals surface area contributed by atoms with Crippen LogP contribution in [0.1, 0.15) is 41.5 Å². The molecule has 0 radical (unpaired) electrons. The Morgan fingerprint density at radius 3 is 2.38 bits per heavy atom. The van der Waals surface area contributed by atoms with Crippen molar-refractivity contribution in [2.75, 3.05) is 7.11 Å². The zero-order chi connectivity index (χ0) is 24.2. The van der Waals surface area contributed by atoms with E-state index >= 15 is 0 Å². The van der Waals surface area contributed by atoms with Gasteiger partial charge in [-0.05, 0) is 62.2 Å². The van der Waals surface area contributed by atoms with Gasteiger partial charge in [0.05, 0.1) is 13.2 Å². The highest BCUT2D eigenvalue weighted by Gasteiger charge is 2.25. The number of hydrogen-bond donors (Lipinski definition) is 1. The maximum atomic E-state index is 14.0. The lowest BCUT2D eigenvalue weighted by molar-refractivity contribution is 0.0931. The Bertz CT molecular complexity index is 1300. The topological polar surface area (TPSA) is 56.2 Å². The van der Waals surface area contributed by atoms with E-state index in [9.17, 15) is 9.18 Å². The molecule has 3 aromatic carbocycles. The molecule has 1 N–H and O–H groups in total. The molecule has 34 heavy (non-hydrogen) atoms. The van der Waals surface area contributed by atoms with E-state index in [0.29, 0.717) is 34.9 Å². The van der Waals surface area contributed by atoms with Crippen LogP contribution in [0.25, 0.3) is 22.6 Å². The van der Waals surface area contributed by atoms with E-state index in [1.165, 1.54) is 6.07 Å². The van der Waals surface area contributed by atoms with Gasteiger partial charge in [0.15, 0.2) is 0 Å². The minimum Gasteiger partial charge on any atom is -0.497 e.